The third kappa shape index (κ3) is 6.06. The Morgan fingerprint density at radius 1 is 1.14 bits per heavy atom. The predicted octanol–water partition coefficient (Wildman–Crippen LogP) is 2.65. The number of benzene rings is 1. The predicted molar refractivity (Wildman–Crippen MR) is 55.2 cm³/mol. The first kappa shape index (κ1) is 12.5. The van der Waals surface area contributed by atoms with Gasteiger partial charge in [-0.3, -0.25) is 0 Å². The van der Waals surface area contributed by atoms with Crippen LogP contribution in [-0.2, 0) is 15.9 Å². The molecule has 0 bridgehead atoms. The van der Waals surface area contributed by atoms with Gasteiger partial charge in [0.15, 0.2) is 0 Å². The van der Waals surface area contributed by atoms with Gasteiger partial charge in [0.2, 0.25) is 0 Å². The molecule has 0 aliphatic rings. The van der Waals surface area contributed by atoms with E-state index in [4.69, 9.17) is 0 Å². The van der Waals surface area contributed by atoms with Crippen LogP contribution in [0.3, 0.4) is 0 Å². The molecule has 0 aliphatic heterocycles. The third-order valence-corrected chi connectivity index (χ3v) is 1.58. The highest BCUT2D eigenvalue weighted by molar-refractivity contribution is 5.59. The van der Waals surface area contributed by atoms with Crippen LogP contribution in [0, 0.1) is 0 Å². The Hall–Kier alpha value is -1.51. The summed E-state index contributed by atoms with van der Waals surface area (Å²) in [7, 11) is 2.51. The van der Waals surface area contributed by atoms with Gasteiger partial charge in [-0.25, -0.2) is 4.79 Å². The zero-order valence-corrected chi connectivity index (χ0v) is 8.82. The van der Waals surface area contributed by atoms with E-state index in [0.717, 1.165) is 6.42 Å². The summed E-state index contributed by atoms with van der Waals surface area (Å²) < 4.78 is 8.08. The van der Waals surface area contributed by atoms with Gasteiger partial charge in [-0.2, -0.15) is 0 Å². The van der Waals surface area contributed by atoms with Crippen molar-refractivity contribution in [3.05, 3.63) is 35.9 Å². The van der Waals surface area contributed by atoms with Crippen LogP contribution < -0.4 is 0 Å². The minimum absolute atomic E-state index is 0.657. The second-order valence-corrected chi connectivity index (χ2v) is 2.50. The third-order valence-electron chi connectivity index (χ3n) is 1.58. The van der Waals surface area contributed by atoms with Gasteiger partial charge in [-0.15, -0.1) is 0 Å². The smallest absolute Gasteiger partial charge is 0.438 e. The first-order chi connectivity index (χ1) is 6.74. The Kier molecular flexibility index (Phi) is 7.23. The van der Waals surface area contributed by atoms with E-state index in [1.807, 2.05) is 6.07 Å². The first-order valence-electron chi connectivity index (χ1n) is 4.40. The number of hydrogen-bond donors (Lipinski definition) is 0. The molecule has 0 N–H and O–H groups in total. The topological polar surface area (TPSA) is 35.5 Å². The first-order valence-corrected chi connectivity index (χ1v) is 4.40. The van der Waals surface area contributed by atoms with E-state index in [9.17, 15) is 4.79 Å². The molecule has 3 nitrogen and oxygen atoms in total. The Morgan fingerprint density at radius 3 is 1.86 bits per heavy atom. The molecule has 78 valence electrons. The fourth-order valence-corrected chi connectivity index (χ4v) is 0.797. The van der Waals surface area contributed by atoms with E-state index in [2.05, 4.69) is 40.7 Å². The lowest BCUT2D eigenvalue weighted by Crippen LogP contribution is -1.97. The lowest BCUT2D eigenvalue weighted by molar-refractivity contribution is 0.0924. The van der Waals surface area contributed by atoms with Crippen molar-refractivity contribution in [1.29, 1.82) is 0 Å². The van der Waals surface area contributed by atoms with E-state index in [-0.39, 0.29) is 0 Å². The van der Waals surface area contributed by atoms with Crippen molar-refractivity contribution in [2.24, 2.45) is 0 Å². The molecule has 1 aromatic carbocycles. The van der Waals surface area contributed by atoms with Crippen molar-refractivity contribution in [2.75, 3.05) is 14.2 Å². The summed E-state index contributed by atoms with van der Waals surface area (Å²) in [6.45, 7) is 2.16. The summed E-state index contributed by atoms with van der Waals surface area (Å²) in [4.78, 5) is 9.74. The fourth-order valence-electron chi connectivity index (χ4n) is 0.797. The molecule has 0 aliphatic carbocycles. The normalized spacial score (nSPS) is 8.21. The highest BCUT2D eigenvalue weighted by Crippen LogP contribution is 1.96. The van der Waals surface area contributed by atoms with Crippen LogP contribution in [0.5, 0.6) is 0 Å². The summed E-state index contributed by atoms with van der Waals surface area (Å²) >= 11 is 0. The highest BCUT2D eigenvalue weighted by atomic mass is 16.7. The molecular weight excluding hydrogens is 180 g/mol. The van der Waals surface area contributed by atoms with Gasteiger partial charge >= 0.3 is 6.16 Å². The molecule has 0 saturated carbocycles. The van der Waals surface area contributed by atoms with E-state index >= 15 is 0 Å². The van der Waals surface area contributed by atoms with Crippen molar-refractivity contribution < 1.29 is 14.3 Å². The maximum absolute atomic E-state index is 9.74. The molecule has 1 rings (SSSR count). The van der Waals surface area contributed by atoms with E-state index in [0.29, 0.717) is 0 Å². The van der Waals surface area contributed by atoms with Gasteiger partial charge < -0.3 is 9.47 Å². The number of carbonyl (C=O) groups is 1. The maximum atomic E-state index is 9.74. The van der Waals surface area contributed by atoms with E-state index < -0.39 is 6.16 Å². The van der Waals surface area contributed by atoms with Crippen molar-refractivity contribution in [1.82, 2.24) is 0 Å². The highest BCUT2D eigenvalue weighted by Gasteiger charge is 1.88. The minimum atomic E-state index is -0.657. The van der Waals surface area contributed by atoms with Crippen molar-refractivity contribution in [2.45, 2.75) is 13.3 Å². The van der Waals surface area contributed by atoms with Gasteiger partial charge in [-0.1, -0.05) is 37.3 Å². The molecule has 0 heterocycles. The lowest BCUT2D eigenvalue weighted by atomic mass is 10.2. The largest absolute Gasteiger partial charge is 0.507 e. The lowest BCUT2D eigenvalue weighted by Gasteiger charge is -1.89. The molecular formula is C11H16O3. The van der Waals surface area contributed by atoms with Gasteiger partial charge in [-0.05, 0) is 12.0 Å². The number of ether oxygens (including phenoxy) is 2. The molecule has 0 aromatic heterocycles. The van der Waals surface area contributed by atoms with E-state index in [1.165, 1.54) is 19.8 Å². The van der Waals surface area contributed by atoms with Crippen LogP contribution in [0.4, 0.5) is 4.79 Å². The van der Waals surface area contributed by atoms with Gasteiger partial charge in [0, 0.05) is 0 Å². The summed E-state index contributed by atoms with van der Waals surface area (Å²) in [5.41, 5.74) is 1.41. The number of rotatable bonds is 1. The Morgan fingerprint density at radius 2 is 1.64 bits per heavy atom. The van der Waals surface area contributed by atoms with Crippen LogP contribution in [0.25, 0.3) is 0 Å². The zero-order valence-electron chi connectivity index (χ0n) is 8.82. The molecule has 0 amide bonds. The molecule has 0 fully saturated rings. The summed E-state index contributed by atoms with van der Waals surface area (Å²) in [6.07, 6.45) is 0.482. The summed E-state index contributed by atoms with van der Waals surface area (Å²) in [5.74, 6) is 0. The van der Waals surface area contributed by atoms with E-state index in [1.54, 1.807) is 0 Å². The maximum Gasteiger partial charge on any atom is 0.507 e. The molecule has 0 saturated heterocycles. The molecule has 0 radical (unpaired) electrons. The van der Waals surface area contributed by atoms with Crippen LogP contribution >= 0.6 is 0 Å². The van der Waals surface area contributed by atoms with Crippen LogP contribution in [-0.4, -0.2) is 20.4 Å². The molecule has 0 unspecified atom stereocenters. The molecule has 3 heteroatoms. The van der Waals surface area contributed by atoms with Gasteiger partial charge in [0.25, 0.3) is 0 Å². The second-order valence-electron chi connectivity index (χ2n) is 2.50. The SMILES string of the molecule is CCc1ccccc1.COC(=O)OC. The quantitative estimate of drug-likeness (QED) is 0.648. The van der Waals surface area contributed by atoms with Crippen LogP contribution in [0.1, 0.15) is 12.5 Å². The van der Waals surface area contributed by atoms with Crippen molar-refractivity contribution in [3.8, 4) is 0 Å². The number of methoxy groups -OCH3 is 2. The molecule has 1 aromatic rings. The standard InChI is InChI=1S/C8H10.C3H6O3/c1-2-8-6-4-3-5-7-8;1-5-3(4)6-2/h3-7H,2H2,1H3;1-2H3. The molecule has 14 heavy (non-hydrogen) atoms. The zero-order chi connectivity index (χ0) is 10.8. The Balaban J connectivity index is 0.000000255. The molecule has 0 spiro atoms. The second kappa shape index (κ2) is 8.10. The minimum Gasteiger partial charge on any atom is -0.438 e. The van der Waals surface area contributed by atoms with Crippen LogP contribution in [0.15, 0.2) is 30.3 Å². The number of hydrogen-bond acceptors (Lipinski definition) is 3. The fraction of sp³-hybridized carbons (Fsp3) is 0.364. The number of aryl methyl sites for hydroxylation is 1. The summed E-state index contributed by atoms with van der Waals surface area (Å²) in [5, 5.41) is 0. The van der Waals surface area contributed by atoms with Gasteiger partial charge in [0.05, 0.1) is 14.2 Å². The average molecular weight is 196 g/mol. The Labute approximate surface area is 84.7 Å². The van der Waals surface area contributed by atoms with Crippen LogP contribution in [0.2, 0.25) is 0 Å². The number of carbonyl (C=O) groups excluding carboxylic acids is 1. The average Bonchev–Trinajstić information content (AvgIpc) is 2.30. The van der Waals surface area contributed by atoms with Crippen molar-refractivity contribution in [3.63, 3.8) is 0 Å². The Bertz CT molecular complexity index is 238. The molecule has 0 atom stereocenters. The van der Waals surface area contributed by atoms with Gasteiger partial charge in [0.1, 0.15) is 0 Å². The summed E-state index contributed by atoms with van der Waals surface area (Å²) in [6, 6.07) is 10.5. The van der Waals surface area contributed by atoms with Crippen molar-refractivity contribution >= 4 is 6.16 Å². The monoisotopic (exact) mass is 196 g/mol.